The van der Waals surface area contributed by atoms with E-state index in [2.05, 4.69) is 26.1 Å². The summed E-state index contributed by atoms with van der Waals surface area (Å²) >= 11 is 4.61. The van der Waals surface area contributed by atoms with Gasteiger partial charge in [0.05, 0.1) is 11.8 Å². The molecule has 100 valence electrons. The van der Waals surface area contributed by atoms with Gasteiger partial charge in [0.25, 0.3) is 0 Å². The quantitative estimate of drug-likeness (QED) is 0.847. The number of aromatic nitrogens is 3. The van der Waals surface area contributed by atoms with Gasteiger partial charge in [0, 0.05) is 4.47 Å². The van der Waals surface area contributed by atoms with E-state index in [9.17, 15) is 4.79 Å². The maximum atomic E-state index is 10.6. The summed E-state index contributed by atoms with van der Waals surface area (Å²) in [5.74, 6) is -0.890. The van der Waals surface area contributed by atoms with Gasteiger partial charge in [0.2, 0.25) is 0 Å². The second-order valence-electron chi connectivity index (χ2n) is 3.93. The molecule has 0 fully saturated rings. The van der Waals surface area contributed by atoms with Crippen LogP contribution < -0.4 is 0 Å². The molecule has 1 aromatic heterocycles. The Morgan fingerprint density at radius 2 is 2.37 bits per heavy atom. The summed E-state index contributed by atoms with van der Waals surface area (Å²) in [7, 11) is 0. The molecule has 0 aliphatic heterocycles. The van der Waals surface area contributed by atoms with Crippen molar-refractivity contribution in [3.05, 3.63) is 40.6 Å². The monoisotopic (exact) mass is 341 g/mol. The summed E-state index contributed by atoms with van der Waals surface area (Å²) in [5, 5.41) is 17.1. The van der Waals surface area contributed by atoms with Gasteiger partial charge in [0.1, 0.15) is 6.33 Å². The molecule has 1 heterocycles. The highest BCUT2D eigenvalue weighted by atomic mass is 79.9. The molecule has 7 heteroatoms. The highest BCUT2D eigenvalue weighted by Gasteiger charge is 2.14. The number of thioether (sulfide) groups is 1. The second kappa shape index (κ2) is 6.21. The number of carboxylic acid groups (broad SMARTS) is 1. The van der Waals surface area contributed by atoms with E-state index in [0.717, 1.165) is 10.0 Å². The first-order chi connectivity index (χ1) is 9.08. The molecule has 0 aliphatic carbocycles. The summed E-state index contributed by atoms with van der Waals surface area (Å²) in [5.41, 5.74) is 1.10. The molecule has 0 radical (unpaired) electrons. The lowest BCUT2D eigenvalue weighted by Crippen LogP contribution is -2.08. The molecule has 5 nitrogen and oxygen atoms in total. The number of hydrogen-bond acceptors (Lipinski definition) is 4. The van der Waals surface area contributed by atoms with Gasteiger partial charge in [-0.3, -0.25) is 4.79 Å². The second-order valence-corrected chi connectivity index (χ2v) is 5.79. The molecule has 19 heavy (non-hydrogen) atoms. The minimum Gasteiger partial charge on any atom is -0.481 e. The third kappa shape index (κ3) is 3.57. The third-order valence-corrected chi connectivity index (χ3v) is 4.05. The molecule has 2 rings (SSSR count). The topological polar surface area (TPSA) is 68.0 Å². The molecule has 1 unspecified atom stereocenters. The number of carboxylic acids is 1. The number of rotatable bonds is 5. The number of carbonyl (C=O) groups is 1. The molecule has 0 amide bonds. The molecule has 1 atom stereocenters. The largest absolute Gasteiger partial charge is 0.481 e. The molecular weight excluding hydrogens is 330 g/mol. The first kappa shape index (κ1) is 14.1. The van der Waals surface area contributed by atoms with Crippen LogP contribution in [0.5, 0.6) is 0 Å². The van der Waals surface area contributed by atoms with Crippen LogP contribution in [0.25, 0.3) is 0 Å². The van der Waals surface area contributed by atoms with Crippen molar-refractivity contribution in [2.75, 3.05) is 5.75 Å². The fourth-order valence-electron chi connectivity index (χ4n) is 1.65. The average molecular weight is 342 g/mol. The highest BCUT2D eigenvalue weighted by molar-refractivity contribution is 9.10. The minimum absolute atomic E-state index is 0.0239. The fourth-order valence-corrected chi connectivity index (χ4v) is 2.78. The number of aliphatic carboxylic acids is 1. The maximum Gasteiger partial charge on any atom is 0.313 e. The summed E-state index contributed by atoms with van der Waals surface area (Å²) < 4.78 is 2.87. The molecule has 0 saturated carbocycles. The van der Waals surface area contributed by atoms with Gasteiger partial charge in [-0.25, -0.2) is 0 Å². The normalized spacial score (nSPS) is 12.3. The molecular formula is C12H12BrN3O2S. The van der Waals surface area contributed by atoms with E-state index < -0.39 is 5.97 Å². The fraction of sp³-hybridized carbons (Fsp3) is 0.250. The van der Waals surface area contributed by atoms with E-state index in [-0.39, 0.29) is 11.8 Å². The molecule has 2 aromatic rings. The van der Waals surface area contributed by atoms with Crippen molar-refractivity contribution in [3.63, 3.8) is 0 Å². The highest BCUT2D eigenvalue weighted by Crippen LogP contribution is 2.25. The molecule has 1 N–H and O–H groups in total. The van der Waals surface area contributed by atoms with E-state index in [4.69, 9.17) is 5.11 Å². The number of nitrogens with zero attached hydrogens (tertiary/aromatic N) is 3. The first-order valence-electron chi connectivity index (χ1n) is 5.57. The van der Waals surface area contributed by atoms with E-state index in [0.29, 0.717) is 5.16 Å². The van der Waals surface area contributed by atoms with Crippen LogP contribution >= 0.6 is 27.7 Å². The van der Waals surface area contributed by atoms with Gasteiger partial charge in [-0.1, -0.05) is 39.8 Å². The van der Waals surface area contributed by atoms with Gasteiger partial charge < -0.3 is 9.67 Å². The molecule has 0 saturated heterocycles. The molecule has 0 spiro atoms. The Kier molecular flexibility index (Phi) is 4.60. The SMILES string of the molecule is CC(c1cccc(Br)c1)n1cnnc1SCC(=O)O. The van der Waals surface area contributed by atoms with Crippen LogP contribution in [-0.2, 0) is 4.79 Å². The van der Waals surface area contributed by atoms with Crippen LogP contribution in [0.3, 0.4) is 0 Å². The van der Waals surface area contributed by atoms with Crippen molar-refractivity contribution in [1.82, 2.24) is 14.8 Å². The Balaban J connectivity index is 2.22. The van der Waals surface area contributed by atoms with Crippen LogP contribution in [0.4, 0.5) is 0 Å². The van der Waals surface area contributed by atoms with Crippen LogP contribution in [-0.4, -0.2) is 31.6 Å². The van der Waals surface area contributed by atoms with Crippen molar-refractivity contribution in [1.29, 1.82) is 0 Å². The first-order valence-corrected chi connectivity index (χ1v) is 7.35. The van der Waals surface area contributed by atoms with Crippen LogP contribution in [0, 0.1) is 0 Å². The van der Waals surface area contributed by atoms with Crippen molar-refractivity contribution >= 4 is 33.7 Å². The Hall–Kier alpha value is -1.34. The van der Waals surface area contributed by atoms with Gasteiger partial charge >= 0.3 is 5.97 Å². The molecule has 1 aromatic carbocycles. The summed E-state index contributed by atoms with van der Waals surface area (Å²) in [4.78, 5) is 10.6. The Bertz CT molecular complexity index is 588. The predicted octanol–water partition coefficient (Wildman–Crippen LogP) is 2.83. The number of halogens is 1. The third-order valence-electron chi connectivity index (χ3n) is 2.61. The van der Waals surface area contributed by atoms with E-state index >= 15 is 0 Å². The van der Waals surface area contributed by atoms with Crippen molar-refractivity contribution < 1.29 is 9.90 Å². The lowest BCUT2D eigenvalue weighted by atomic mass is 10.1. The van der Waals surface area contributed by atoms with Crippen molar-refractivity contribution in [2.24, 2.45) is 0 Å². The minimum atomic E-state index is -0.866. The van der Waals surface area contributed by atoms with Crippen LogP contribution in [0.1, 0.15) is 18.5 Å². The van der Waals surface area contributed by atoms with Gasteiger partial charge in [-0.15, -0.1) is 10.2 Å². The molecule has 0 bridgehead atoms. The summed E-state index contributed by atoms with van der Waals surface area (Å²) in [6.07, 6.45) is 1.62. The van der Waals surface area contributed by atoms with Crippen LogP contribution in [0.2, 0.25) is 0 Å². The predicted molar refractivity (Wildman–Crippen MR) is 76.3 cm³/mol. The van der Waals surface area contributed by atoms with E-state index in [1.54, 1.807) is 6.33 Å². The van der Waals surface area contributed by atoms with Gasteiger partial charge in [-0.05, 0) is 24.6 Å². The zero-order chi connectivity index (χ0) is 13.8. The summed E-state index contributed by atoms with van der Waals surface area (Å²) in [6, 6.07) is 8.01. The molecule has 0 aliphatic rings. The Morgan fingerprint density at radius 3 is 3.05 bits per heavy atom. The van der Waals surface area contributed by atoms with E-state index in [1.807, 2.05) is 35.8 Å². The van der Waals surface area contributed by atoms with Crippen molar-refractivity contribution in [2.45, 2.75) is 18.1 Å². The number of benzene rings is 1. The van der Waals surface area contributed by atoms with E-state index in [1.165, 1.54) is 11.8 Å². The lowest BCUT2D eigenvalue weighted by Gasteiger charge is -2.15. The maximum absolute atomic E-state index is 10.6. The average Bonchev–Trinajstić information content (AvgIpc) is 2.83. The Morgan fingerprint density at radius 1 is 1.58 bits per heavy atom. The smallest absolute Gasteiger partial charge is 0.313 e. The number of hydrogen-bond donors (Lipinski definition) is 1. The summed E-state index contributed by atoms with van der Waals surface area (Å²) in [6.45, 7) is 2.02. The standard InChI is InChI=1S/C12H12BrN3O2S/c1-8(9-3-2-4-10(13)5-9)16-7-14-15-12(16)19-6-11(17)18/h2-5,7-8H,6H2,1H3,(H,17,18). The zero-order valence-corrected chi connectivity index (χ0v) is 12.6. The van der Waals surface area contributed by atoms with Crippen molar-refractivity contribution in [3.8, 4) is 0 Å². The lowest BCUT2D eigenvalue weighted by molar-refractivity contribution is -0.133. The van der Waals surface area contributed by atoms with Crippen LogP contribution in [0.15, 0.2) is 40.2 Å². The zero-order valence-electron chi connectivity index (χ0n) is 10.2. The Labute approximate surface area is 123 Å². The van der Waals surface area contributed by atoms with Gasteiger partial charge in [-0.2, -0.15) is 0 Å². The van der Waals surface area contributed by atoms with Gasteiger partial charge in [0.15, 0.2) is 5.16 Å².